The first-order valence-corrected chi connectivity index (χ1v) is 11.1. The Labute approximate surface area is 160 Å². The molecule has 2 aromatic rings. The van der Waals surface area contributed by atoms with E-state index in [1.54, 1.807) is 18.3 Å². The van der Waals surface area contributed by atoms with Crippen LogP contribution < -0.4 is 9.21 Å². The summed E-state index contributed by atoms with van der Waals surface area (Å²) in [6.07, 6.45) is 5.72. The zero-order chi connectivity index (χ0) is 19.3. The van der Waals surface area contributed by atoms with Crippen LogP contribution in [0.25, 0.3) is 0 Å². The quantitative estimate of drug-likeness (QED) is 0.717. The Morgan fingerprint density at radius 2 is 1.78 bits per heavy atom. The van der Waals surface area contributed by atoms with E-state index in [1.165, 1.54) is 22.9 Å². The van der Waals surface area contributed by atoms with Crippen molar-refractivity contribution < 1.29 is 12.8 Å². The van der Waals surface area contributed by atoms with Gasteiger partial charge in [-0.1, -0.05) is 19.1 Å². The number of hydrogen-bond donors (Lipinski definition) is 0. The molecule has 2 heterocycles. The SMILES string of the molecule is CCCS(=O)(=O)N(Cc1ccc(F)cc1)c1ccc(N2CCCCC2)nc1. The summed E-state index contributed by atoms with van der Waals surface area (Å²) in [7, 11) is -3.49. The van der Waals surface area contributed by atoms with Gasteiger partial charge in [-0.15, -0.1) is 0 Å². The van der Waals surface area contributed by atoms with Gasteiger partial charge in [-0.2, -0.15) is 0 Å². The third-order valence-electron chi connectivity index (χ3n) is 4.74. The maximum atomic E-state index is 13.2. The molecule has 0 amide bonds. The fraction of sp³-hybridized carbons (Fsp3) is 0.450. The van der Waals surface area contributed by atoms with Crippen molar-refractivity contribution in [2.45, 2.75) is 39.2 Å². The third-order valence-corrected chi connectivity index (χ3v) is 6.67. The Hall–Kier alpha value is -2.15. The Morgan fingerprint density at radius 1 is 1.07 bits per heavy atom. The molecule has 0 N–H and O–H groups in total. The second-order valence-corrected chi connectivity index (χ2v) is 8.88. The summed E-state index contributed by atoms with van der Waals surface area (Å²) >= 11 is 0. The molecule has 5 nitrogen and oxygen atoms in total. The molecule has 0 aliphatic carbocycles. The van der Waals surface area contributed by atoms with Crippen molar-refractivity contribution in [1.82, 2.24) is 4.98 Å². The Morgan fingerprint density at radius 3 is 2.37 bits per heavy atom. The summed E-state index contributed by atoms with van der Waals surface area (Å²) in [5.41, 5.74) is 1.27. The summed E-state index contributed by atoms with van der Waals surface area (Å²) in [6, 6.07) is 9.61. The molecule has 7 heteroatoms. The van der Waals surface area contributed by atoms with E-state index in [1.807, 2.05) is 19.1 Å². The van der Waals surface area contributed by atoms with Crippen LogP contribution in [0.15, 0.2) is 42.6 Å². The van der Waals surface area contributed by atoms with E-state index in [0.717, 1.165) is 37.3 Å². The number of pyridine rings is 1. The van der Waals surface area contributed by atoms with Gasteiger partial charge in [0.1, 0.15) is 11.6 Å². The molecule has 0 spiro atoms. The van der Waals surface area contributed by atoms with Crippen LogP contribution in [0, 0.1) is 5.82 Å². The van der Waals surface area contributed by atoms with Crippen molar-refractivity contribution in [1.29, 1.82) is 0 Å². The normalized spacial score (nSPS) is 15.0. The van der Waals surface area contributed by atoms with Crippen molar-refractivity contribution >= 4 is 21.5 Å². The van der Waals surface area contributed by atoms with Crippen LogP contribution >= 0.6 is 0 Å². The van der Waals surface area contributed by atoms with Crippen molar-refractivity contribution in [3.63, 3.8) is 0 Å². The lowest BCUT2D eigenvalue weighted by atomic mass is 10.1. The first-order chi connectivity index (χ1) is 13.0. The fourth-order valence-corrected chi connectivity index (χ4v) is 4.82. The van der Waals surface area contributed by atoms with Crippen LogP contribution in [0.1, 0.15) is 38.2 Å². The van der Waals surface area contributed by atoms with Gasteiger partial charge in [0.15, 0.2) is 0 Å². The first-order valence-electron chi connectivity index (χ1n) is 9.45. The molecule has 1 aromatic heterocycles. The number of sulfonamides is 1. The Balaban J connectivity index is 1.86. The van der Waals surface area contributed by atoms with Crippen LogP contribution in [-0.2, 0) is 16.6 Å². The van der Waals surface area contributed by atoms with Crippen molar-refractivity contribution in [3.8, 4) is 0 Å². The molecule has 1 fully saturated rings. The first kappa shape index (κ1) is 19.6. The summed E-state index contributed by atoms with van der Waals surface area (Å²) in [4.78, 5) is 6.75. The smallest absolute Gasteiger partial charge is 0.235 e. The maximum Gasteiger partial charge on any atom is 0.235 e. The highest BCUT2D eigenvalue weighted by atomic mass is 32.2. The van der Waals surface area contributed by atoms with E-state index in [9.17, 15) is 12.8 Å². The predicted octanol–water partition coefficient (Wildman–Crippen LogP) is 3.96. The van der Waals surface area contributed by atoms with E-state index in [-0.39, 0.29) is 18.1 Å². The number of anilines is 2. The van der Waals surface area contributed by atoms with E-state index in [2.05, 4.69) is 9.88 Å². The topological polar surface area (TPSA) is 53.5 Å². The molecule has 3 rings (SSSR count). The Kier molecular flexibility index (Phi) is 6.31. The zero-order valence-corrected chi connectivity index (χ0v) is 16.5. The highest BCUT2D eigenvalue weighted by Gasteiger charge is 2.23. The largest absolute Gasteiger partial charge is 0.357 e. The fourth-order valence-electron chi connectivity index (χ4n) is 3.31. The summed E-state index contributed by atoms with van der Waals surface area (Å²) < 4.78 is 40.2. The van der Waals surface area contributed by atoms with Gasteiger partial charge in [-0.3, -0.25) is 4.31 Å². The van der Waals surface area contributed by atoms with Crippen LogP contribution in [-0.4, -0.2) is 32.2 Å². The van der Waals surface area contributed by atoms with Gasteiger partial charge in [0.25, 0.3) is 0 Å². The molecule has 0 saturated carbocycles. The van der Waals surface area contributed by atoms with Crippen LogP contribution in [0.2, 0.25) is 0 Å². The standard InChI is InChI=1S/C20H26FN3O2S/c1-2-14-27(25,26)24(16-17-6-8-18(21)9-7-17)19-10-11-20(22-15-19)23-12-4-3-5-13-23/h6-11,15H,2-5,12-14,16H2,1H3. The molecule has 0 bridgehead atoms. The van der Waals surface area contributed by atoms with Crippen molar-refractivity contribution in [2.24, 2.45) is 0 Å². The number of nitrogens with zero attached hydrogens (tertiary/aromatic N) is 3. The van der Waals surface area contributed by atoms with Gasteiger partial charge in [0.05, 0.1) is 24.2 Å². The molecule has 27 heavy (non-hydrogen) atoms. The van der Waals surface area contributed by atoms with E-state index >= 15 is 0 Å². The van der Waals surface area contributed by atoms with Gasteiger partial charge >= 0.3 is 0 Å². The molecule has 1 aliphatic heterocycles. The lowest BCUT2D eigenvalue weighted by molar-refractivity contribution is 0.573. The molecule has 0 atom stereocenters. The molecular weight excluding hydrogens is 365 g/mol. The van der Waals surface area contributed by atoms with Gasteiger partial charge in [0, 0.05) is 13.1 Å². The minimum atomic E-state index is -3.49. The number of hydrogen-bond acceptors (Lipinski definition) is 4. The van der Waals surface area contributed by atoms with E-state index < -0.39 is 10.0 Å². The zero-order valence-electron chi connectivity index (χ0n) is 15.6. The second kappa shape index (κ2) is 8.69. The lowest BCUT2D eigenvalue weighted by Gasteiger charge is -2.29. The van der Waals surface area contributed by atoms with Crippen molar-refractivity contribution in [3.05, 3.63) is 54.0 Å². The lowest BCUT2D eigenvalue weighted by Crippen LogP contribution is -2.33. The third kappa shape index (κ3) is 4.97. The number of piperidine rings is 1. The monoisotopic (exact) mass is 391 g/mol. The van der Waals surface area contributed by atoms with Gasteiger partial charge < -0.3 is 4.90 Å². The van der Waals surface area contributed by atoms with Crippen LogP contribution in [0.4, 0.5) is 15.9 Å². The molecule has 0 unspecified atom stereocenters. The van der Waals surface area contributed by atoms with E-state index in [0.29, 0.717) is 12.1 Å². The summed E-state index contributed by atoms with van der Waals surface area (Å²) in [6.45, 7) is 3.97. The number of aromatic nitrogens is 1. The van der Waals surface area contributed by atoms with Gasteiger partial charge in [-0.05, 0) is 55.5 Å². The molecule has 1 aromatic carbocycles. The average Bonchev–Trinajstić information content (AvgIpc) is 2.68. The molecule has 1 aliphatic rings. The number of benzene rings is 1. The molecular formula is C20H26FN3O2S. The van der Waals surface area contributed by atoms with E-state index in [4.69, 9.17) is 0 Å². The van der Waals surface area contributed by atoms with Gasteiger partial charge in [0.2, 0.25) is 10.0 Å². The summed E-state index contributed by atoms with van der Waals surface area (Å²) in [5.74, 6) is 0.601. The van der Waals surface area contributed by atoms with Crippen LogP contribution in [0.5, 0.6) is 0 Å². The summed E-state index contributed by atoms with van der Waals surface area (Å²) in [5, 5.41) is 0. The highest BCUT2D eigenvalue weighted by molar-refractivity contribution is 7.92. The minimum absolute atomic E-state index is 0.0576. The van der Waals surface area contributed by atoms with Crippen molar-refractivity contribution in [2.75, 3.05) is 28.0 Å². The predicted molar refractivity (Wildman–Crippen MR) is 107 cm³/mol. The second-order valence-electron chi connectivity index (χ2n) is 6.87. The maximum absolute atomic E-state index is 13.2. The molecule has 1 saturated heterocycles. The average molecular weight is 392 g/mol. The number of rotatable bonds is 7. The van der Waals surface area contributed by atoms with Crippen LogP contribution in [0.3, 0.4) is 0 Å². The number of halogens is 1. The van der Waals surface area contributed by atoms with Gasteiger partial charge in [-0.25, -0.2) is 17.8 Å². The Bertz CT molecular complexity index is 833. The molecule has 0 radical (unpaired) electrons. The molecule has 146 valence electrons. The highest BCUT2D eigenvalue weighted by Crippen LogP contribution is 2.25. The minimum Gasteiger partial charge on any atom is -0.357 e.